The summed E-state index contributed by atoms with van der Waals surface area (Å²) in [4.78, 5) is 15.0. The van der Waals surface area contributed by atoms with Crippen LogP contribution in [0.15, 0.2) is 66.7 Å². The molecule has 1 heterocycles. The number of methoxy groups -OCH3 is 1. The van der Waals surface area contributed by atoms with Crippen LogP contribution in [0.25, 0.3) is 11.1 Å². The molecule has 1 N–H and O–H groups in total. The lowest BCUT2D eigenvalue weighted by molar-refractivity contribution is -0.121. The van der Waals surface area contributed by atoms with Gasteiger partial charge >= 0.3 is 0 Å². The lowest BCUT2D eigenvalue weighted by atomic mass is 9.96. The Morgan fingerprint density at radius 2 is 1.75 bits per heavy atom. The second-order valence-corrected chi connectivity index (χ2v) is 8.04. The quantitative estimate of drug-likeness (QED) is 0.556. The minimum absolute atomic E-state index is 0.0541. The number of para-hydroxylation sites is 1. The van der Waals surface area contributed by atoms with Gasteiger partial charge in [0.1, 0.15) is 17.4 Å². The Bertz CT molecular complexity index is 1070. The number of carbonyl (C=O) groups is 1. The number of nitrogens with zero attached hydrogens (tertiary/aromatic N) is 1. The highest BCUT2D eigenvalue weighted by Gasteiger charge is 2.27. The second-order valence-electron chi connectivity index (χ2n) is 8.04. The molecule has 166 valence electrons. The van der Waals surface area contributed by atoms with Crippen molar-refractivity contribution >= 4 is 11.6 Å². The Morgan fingerprint density at radius 1 is 1.03 bits per heavy atom. The zero-order chi connectivity index (χ0) is 22.5. The Balaban J connectivity index is 1.46. The molecule has 4 rings (SSSR count). The molecular formula is C26H26F2N2O2. The van der Waals surface area contributed by atoms with Gasteiger partial charge in [-0.3, -0.25) is 9.69 Å². The summed E-state index contributed by atoms with van der Waals surface area (Å²) in [5, 5.41) is 3.07. The van der Waals surface area contributed by atoms with Gasteiger partial charge in [0.15, 0.2) is 0 Å². The first-order valence-corrected chi connectivity index (χ1v) is 10.7. The van der Waals surface area contributed by atoms with Crippen molar-refractivity contribution in [2.75, 3.05) is 25.5 Å². The summed E-state index contributed by atoms with van der Waals surface area (Å²) < 4.78 is 33.3. The highest BCUT2D eigenvalue weighted by molar-refractivity contribution is 5.97. The molecule has 3 aromatic rings. The van der Waals surface area contributed by atoms with Crippen LogP contribution < -0.4 is 10.1 Å². The molecule has 1 aliphatic rings. The van der Waals surface area contributed by atoms with E-state index in [1.165, 1.54) is 18.2 Å². The van der Waals surface area contributed by atoms with Crippen molar-refractivity contribution in [2.45, 2.75) is 19.4 Å². The molecule has 1 aliphatic heterocycles. The number of nitrogens with one attached hydrogen (secondary N) is 1. The van der Waals surface area contributed by atoms with Crippen LogP contribution in [-0.2, 0) is 11.3 Å². The van der Waals surface area contributed by atoms with Gasteiger partial charge in [0.25, 0.3) is 0 Å². The third kappa shape index (κ3) is 4.97. The van der Waals surface area contributed by atoms with Gasteiger partial charge in [-0.1, -0.05) is 36.4 Å². The summed E-state index contributed by atoms with van der Waals surface area (Å²) in [5.41, 5.74) is 2.69. The van der Waals surface area contributed by atoms with Crippen LogP contribution in [0.2, 0.25) is 0 Å². The summed E-state index contributed by atoms with van der Waals surface area (Å²) >= 11 is 0. The third-order valence-corrected chi connectivity index (χ3v) is 5.91. The fourth-order valence-electron chi connectivity index (χ4n) is 4.17. The van der Waals surface area contributed by atoms with Gasteiger partial charge in [0.05, 0.1) is 13.0 Å². The highest BCUT2D eigenvalue weighted by Crippen LogP contribution is 2.30. The minimum atomic E-state index is -0.551. The Hall–Kier alpha value is -3.25. The van der Waals surface area contributed by atoms with Crippen molar-refractivity contribution in [1.82, 2.24) is 4.90 Å². The molecule has 0 aromatic heterocycles. The topological polar surface area (TPSA) is 41.6 Å². The molecular weight excluding hydrogens is 410 g/mol. The maximum Gasteiger partial charge on any atom is 0.228 e. The molecule has 4 nitrogen and oxygen atoms in total. The van der Waals surface area contributed by atoms with Gasteiger partial charge < -0.3 is 10.1 Å². The molecule has 0 radical (unpaired) electrons. The number of ether oxygens (including phenoxy) is 1. The molecule has 3 aromatic carbocycles. The first-order chi connectivity index (χ1) is 15.5. The predicted octanol–water partition coefficient (Wildman–Crippen LogP) is 5.49. The maximum atomic E-state index is 14.0. The van der Waals surface area contributed by atoms with E-state index in [1.54, 1.807) is 7.11 Å². The Labute approximate surface area is 186 Å². The van der Waals surface area contributed by atoms with E-state index in [1.807, 2.05) is 53.4 Å². The molecule has 1 amide bonds. The number of piperidine rings is 1. The average Bonchev–Trinajstić information content (AvgIpc) is 2.82. The molecule has 1 unspecified atom stereocenters. The predicted molar refractivity (Wildman–Crippen MR) is 121 cm³/mol. The standard InChI is InChI=1S/C26H26F2N2O2/c1-32-20-13-11-18(12-14-20)21-7-2-3-10-25(21)29-26(31)19-6-5-15-30(16-19)17-22-23(27)8-4-9-24(22)28/h2-4,7-14,19H,5-6,15-17H2,1H3,(H,29,31). The van der Waals surface area contributed by atoms with Crippen LogP contribution in [0, 0.1) is 17.6 Å². The third-order valence-electron chi connectivity index (χ3n) is 5.91. The number of amides is 1. The molecule has 32 heavy (non-hydrogen) atoms. The second kappa shape index (κ2) is 9.92. The van der Waals surface area contributed by atoms with E-state index >= 15 is 0 Å². The normalized spacial score (nSPS) is 16.5. The maximum absolute atomic E-state index is 14.0. The van der Waals surface area contributed by atoms with E-state index in [9.17, 15) is 13.6 Å². The molecule has 6 heteroatoms. The van der Waals surface area contributed by atoms with Crippen LogP contribution in [0.1, 0.15) is 18.4 Å². The van der Waals surface area contributed by atoms with E-state index in [-0.39, 0.29) is 23.9 Å². The van der Waals surface area contributed by atoms with Gasteiger partial charge in [-0.15, -0.1) is 0 Å². The average molecular weight is 437 g/mol. The monoisotopic (exact) mass is 436 g/mol. The summed E-state index contributed by atoms with van der Waals surface area (Å²) in [6.07, 6.45) is 1.54. The lowest BCUT2D eigenvalue weighted by Gasteiger charge is -2.32. The largest absolute Gasteiger partial charge is 0.497 e. The molecule has 0 saturated carbocycles. The number of benzene rings is 3. The van der Waals surface area contributed by atoms with E-state index < -0.39 is 11.6 Å². The summed E-state index contributed by atoms with van der Waals surface area (Å²) in [7, 11) is 1.62. The van der Waals surface area contributed by atoms with E-state index in [0.29, 0.717) is 13.1 Å². The van der Waals surface area contributed by atoms with Crippen molar-refractivity contribution in [3.05, 3.63) is 83.9 Å². The highest BCUT2D eigenvalue weighted by atomic mass is 19.1. The van der Waals surface area contributed by atoms with Gasteiger partial charge in [0, 0.05) is 29.9 Å². The lowest BCUT2D eigenvalue weighted by Crippen LogP contribution is -2.40. The van der Waals surface area contributed by atoms with Crippen molar-refractivity contribution in [3.63, 3.8) is 0 Å². The first kappa shape index (κ1) is 22.0. The number of carbonyl (C=O) groups excluding carboxylic acids is 1. The number of rotatable bonds is 6. The Morgan fingerprint density at radius 3 is 2.47 bits per heavy atom. The van der Waals surface area contributed by atoms with Crippen LogP contribution in [0.4, 0.5) is 14.5 Å². The fourth-order valence-corrected chi connectivity index (χ4v) is 4.17. The van der Waals surface area contributed by atoms with E-state index in [0.717, 1.165) is 35.4 Å². The summed E-state index contributed by atoms with van der Waals surface area (Å²) in [5.74, 6) is -0.661. The van der Waals surface area contributed by atoms with Gasteiger partial charge in [-0.2, -0.15) is 0 Å². The van der Waals surface area contributed by atoms with Crippen molar-refractivity contribution in [2.24, 2.45) is 5.92 Å². The minimum Gasteiger partial charge on any atom is -0.497 e. The molecule has 0 bridgehead atoms. The number of anilines is 1. The van der Waals surface area contributed by atoms with Crippen molar-refractivity contribution in [3.8, 4) is 16.9 Å². The van der Waals surface area contributed by atoms with Crippen molar-refractivity contribution in [1.29, 1.82) is 0 Å². The molecule has 1 atom stereocenters. The van der Waals surface area contributed by atoms with Gasteiger partial charge in [-0.25, -0.2) is 8.78 Å². The zero-order valence-electron chi connectivity index (χ0n) is 18.0. The first-order valence-electron chi connectivity index (χ1n) is 10.7. The smallest absolute Gasteiger partial charge is 0.228 e. The summed E-state index contributed by atoms with van der Waals surface area (Å²) in [6.45, 7) is 1.33. The van der Waals surface area contributed by atoms with Crippen LogP contribution >= 0.6 is 0 Å². The SMILES string of the molecule is COc1ccc(-c2ccccc2NC(=O)C2CCCN(Cc3c(F)cccc3F)C2)cc1. The molecule has 0 spiro atoms. The van der Waals surface area contributed by atoms with Crippen molar-refractivity contribution < 1.29 is 18.3 Å². The number of hydrogen-bond donors (Lipinski definition) is 1. The number of halogens is 2. The van der Waals surface area contributed by atoms with Crippen LogP contribution in [0.5, 0.6) is 5.75 Å². The van der Waals surface area contributed by atoms with E-state index in [2.05, 4.69) is 5.32 Å². The molecule has 0 aliphatic carbocycles. The van der Waals surface area contributed by atoms with Gasteiger partial charge in [0.2, 0.25) is 5.91 Å². The van der Waals surface area contributed by atoms with Gasteiger partial charge in [-0.05, 0) is 55.3 Å². The molecule has 1 fully saturated rings. The number of hydrogen-bond acceptors (Lipinski definition) is 3. The Kier molecular flexibility index (Phi) is 6.81. The zero-order valence-corrected chi connectivity index (χ0v) is 18.0. The van der Waals surface area contributed by atoms with E-state index in [4.69, 9.17) is 4.74 Å². The number of likely N-dealkylation sites (tertiary alicyclic amines) is 1. The van der Waals surface area contributed by atoms with Crippen LogP contribution in [-0.4, -0.2) is 31.0 Å². The van der Waals surface area contributed by atoms with Crippen LogP contribution in [0.3, 0.4) is 0 Å². The molecule has 1 saturated heterocycles. The summed E-state index contributed by atoms with van der Waals surface area (Å²) in [6, 6.07) is 19.2. The fraction of sp³-hybridized carbons (Fsp3) is 0.269.